The predicted octanol–water partition coefficient (Wildman–Crippen LogP) is 1.30. The maximum atomic E-state index is 5.51. The van der Waals surface area contributed by atoms with E-state index >= 15 is 0 Å². The van der Waals surface area contributed by atoms with Gasteiger partial charge in [0.05, 0.1) is 14.2 Å². The van der Waals surface area contributed by atoms with Crippen LogP contribution in [-0.4, -0.2) is 34.4 Å². The molecular formula is C11H17NO3. The van der Waals surface area contributed by atoms with E-state index in [0.717, 1.165) is 23.8 Å². The number of hydrogen-bond acceptors (Lipinski definition) is 4. The maximum Gasteiger partial charge on any atom is 0.126 e. The molecule has 4 nitrogen and oxygen atoms in total. The minimum absolute atomic E-state index is 0.618. The zero-order chi connectivity index (χ0) is 11.1. The summed E-state index contributed by atoms with van der Waals surface area (Å²) in [6, 6.07) is 5.47. The highest BCUT2D eigenvalue weighted by atomic mass is 16.5. The highest BCUT2D eigenvalue weighted by molar-refractivity contribution is 5.41. The largest absolute Gasteiger partial charge is 0.496 e. The molecule has 0 amide bonds. The van der Waals surface area contributed by atoms with Gasteiger partial charge in [-0.1, -0.05) is 0 Å². The van der Waals surface area contributed by atoms with E-state index in [2.05, 4.69) is 5.32 Å². The molecule has 0 saturated carbocycles. The molecule has 0 aliphatic heterocycles. The van der Waals surface area contributed by atoms with Crippen LogP contribution < -0.4 is 19.5 Å². The second-order valence-electron chi connectivity index (χ2n) is 3.00. The Morgan fingerprint density at radius 3 is 2.00 bits per heavy atom. The Morgan fingerprint density at radius 2 is 1.53 bits per heavy atom. The van der Waals surface area contributed by atoms with Gasteiger partial charge in [-0.05, 0) is 7.05 Å². The van der Waals surface area contributed by atoms with Gasteiger partial charge in [0.1, 0.15) is 23.9 Å². The van der Waals surface area contributed by atoms with Crippen LogP contribution in [0.2, 0.25) is 0 Å². The Balaban J connectivity index is 2.68. The summed E-state index contributed by atoms with van der Waals surface area (Å²) in [5.41, 5.74) is 0. The molecule has 0 saturated heterocycles. The third-order valence-corrected chi connectivity index (χ3v) is 1.95. The van der Waals surface area contributed by atoms with E-state index in [1.54, 1.807) is 14.2 Å². The molecule has 0 aromatic heterocycles. The Hall–Kier alpha value is -1.42. The Kier molecular flexibility index (Phi) is 4.77. The summed E-state index contributed by atoms with van der Waals surface area (Å²) < 4.78 is 15.8. The van der Waals surface area contributed by atoms with E-state index in [9.17, 15) is 0 Å². The first kappa shape index (κ1) is 11.7. The first-order chi connectivity index (χ1) is 7.30. The van der Waals surface area contributed by atoms with Gasteiger partial charge in [0.25, 0.3) is 0 Å². The van der Waals surface area contributed by atoms with Crippen LogP contribution >= 0.6 is 0 Å². The third-order valence-electron chi connectivity index (χ3n) is 1.95. The summed E-state index contributed by atoms with van der Waals surface area (Å²) in [6.45, 7) is 1.42. The van der Waals surface area contributed by atoms with E-state index in [1.807, 2.05) is 25.2 Å². The summed E-state index contributed by atoms with van der Waals surface area (Å²) >= 11 is 0. The average molecular weight is 211 g/mol. The van der Waals surface area contributed by atoms with Crippen LogP contribution in [0.5, 0.6) is 17.2 Å². The van der Waals surface area contributed by atoms with Crippen molar-refractivity contribution in [3.05, 3.63) is 18.2 Å². The van der Waals surface area contributed by atoms with Crippen LogP contribution in [0.15, 0.2) is 18.2 Å². The quantitative estimate of drug-likeness (QED) is 0.720. The lowest BCUT2D eigenvalue weighted by atomic mass is 10.3. The van der Waals surface area contributed by atoms with E-state index in [4.69, 9.17) is 14.2 Å². The molecule has 1 aromatic rings. The van der Waals surface area contributed by atoms with E-state index in [1.165, 1.54) is 0 Å². The van der Waals surface area contributed by atoms with Crippen molar-refractivity contribution in [3.8, 4) is 17.2 Å². The van der Waals surface area contributed by atoms with Gasteiger partial charge in [0, 0.05) is 24.7 Å². The zero-order valence-electron chi connectivity index (χ0n) is 9.37. The molecule has 1 rings (SSSR count). The fraction of sp³-hybridized carbons (Fsp3) is 0.455. The summed E-state index contributed by atoms with van der Waals surface area (Å²) in [4.78, 5) is 0. The van der Waals surface area contributed by atoms with Crippen LogP contribution in [-0.2, 0) is 0 Å². The van der Waals surface area contributed by atoms with E-state index in [0.29, 0.717) is 6.61 Å². The Bertz CT molecular complexity index is 280. The van der Waals surface area contributed by atoms with Gasteiger partial charge in [-0.15, -0.1) is 0 Å². The fourth-order valence-corrected chi connectivity index (χ4v) is 1.14. The molecule has 0 fully saturated rings. The lowest BCUT2D eigenvalue weighted by Crippen LogP contribution is -2.15. The van der Waals surface area contributed by atoms with Gasteiger partial charge in [-0.25, -0.2) is 0 Å². The third kappa shape index (κ3) is 3.67. The predicted molar refractivity (Wildman–Crippen MR) is 59.0 cm³/mol. The summed E-state index contributed by atoms with van der Waals surface area (Å²) in [6.07, 6.45) is 0. The molecule has 0 radical (unpaired) electrons. The molecule has 84 valence electrons. The molecule has 0 heterocycles. The van der Waals surface area contributed by atoms with Crippen LogP contribution in [0.1, 0.15) is 0 Å². The maximum absolute atomic E-state index is 5.51. The lowest BCUT2D eigenvalue weighted by Gasteiger charge is -2.09. The summed E-state index contributed by atoms with van der Waals surface area (Å²) in [5.74, 6) is 2.21. The van der Waals surface area contributed by atoms with Crippen LogP contribution in [0.3, 0.4) is 0 Å². The molecule has 0 atom stereocenters. The van der Waals surface area contributed by atoms with Crippen molar-refractivity contribution in [2.24, 2.45) is 0 Å². The van der Waals surface area contributed by atoms with Crippen molar-refractivity contribution in [3.63, 3.8) is 0 Å². The smallest absolute Gasteiger partial charge is 0.126 e. The van der Waals surface area contributed by atoms with Crippen molar-refractivity contribution < 1.29 is 14.2 Å². The number of hydrogen-bond donors (Lipinski definition) is 1. The standard InChI is InChI=1S/C11H17NO3/c1-12-4-5-15-11-7-9(13-2)6-10(8-11)14-3/h6-8,12H,4-5H2,1-3H3. The monoisotopic (exact) mass is 211 g/mol. The lowest BCUT2D eigenvalue weighted by molar-refractivity contribution is 0.312. The number of methoxy groups -OCH3 is 2. The normalized spacial score (nSPS) is 9.80. The molecule has 0 bridgehead atoms. The van der Waals surface area contributed by atoms with Gasteiger partial charge in [0.15, 0.2) is 0 Å². The molecular weight excluding hydrogens is 194 g/mol. The second-order valence-corrected chi connectivity index (χ2v) is 3.00. The number of likely N-dealkylation sites (N-methyl/N-ethyl adjacent to an activating group) is 1. The van der Waals surface area contributed by atoms with Crippen molar-refractivity contribution in [2.75, 3.05) is 34.4 Å². The topological polar surface area (TPSA) is 39.7 Å². The highest BCUT2D eigenvalue weighted by Gasteiger charge is 2.02. The molecule has 0 spiro atoms. The van der Waals surface area contributed by atoms with Gasteiger partial charge in [-0.3, -0.25) is 0 Å². The van der Waals surface area contributed by atoms with Crippen molar-refractivity contribution in [1.29, 1.82) is 0 Å². The first-order valence-corrected chi connectivity index (χ1v) is 4.80. The van der Waals surface area contributed by atoms with Crippen molar-refractivity contribution in [1.82, 2.24) is 5.32 Å². The van der Waals surface area contributed by atoms with Crippen molar-refractivity contribution >= 4 is 0 Å². The molecule has 1 aromatic carbocycles. The van der Waals surface area contributed by atoms with E-state index < -0.39 is 0 Å². The van der Waals surface area contributed by atoms with Crippen LogP contribution in [0.4, 0.5) is 0 Å². The molecule has 15 heavy (non-hydrogen) atoms. The molecule has 1 N–H and O–H groups in total. The second kappa shape index (κ2) is 6.14. The number of ether oxygens (including phenoxy) is 3. The number of nitrogens with one attached hydrogen (secondary N) is 1. The minimum atomic E-state index is 0.618. The average Bonchev–Trinajstić information content (AvgIpc) is 2.29. The molecule has 0 aliphatic rings. The summed E-state index contributed by atoms with van der Waals surface area (Å²) in [7, 11) is 5.12. The highest BCUT2D eigenvalue weighted by Crippen LogP contribution is 2.27. The number of rotatable bonds is 6. The van der Waals surface area contributed by atoms with Gasteiger partial charge in [-0.2, -0.15) is 0 Å². The molecule has 0 aliphatic carbocycles. The number of benzene rings is 1. The van der Waals surface area contributed by atoms with Gasteiger partial charge >= 0.3 is 0 Å². The SMILES string of the molecule is CNCCOc1cc(OC)cc(OC)c1. The Morgan fingerprint density at radius 1 is 1.00 bits per heavy atom. The first-order valence-electron chi connectivity index (χ1n) is 4.80. The minimum Gasteiger partial charge on any atom is -0.496 e. The Labute approximate surface area is 90.1 Å². The zero-order valence-corrected chi connectivity index (χ0v) is 9.37. The van der Waals surface area contributed by atoms with Crippen LogP contribution in [0, 0.1) is 0 Å². The van der Waals surface area contributed by atoms with Gasteiger partial charge < -0.3 is 19.5 Å². The molecule has 0 unspecified atom stereocenters. The summed E-state index contributed by atoms with van der Waals surface area (Å²) in [5, 5.41) is 3.01. The fourth-order valence-electron chi connectivity index (χ4n) is 1.14. The van der Waals surface area contributed by atoms with E-state index in [-0.39, 0.29) is 0 Å². The van der Waals surface area contributed by atoms with Gasteiger partial charge in [0.2, 0.25) is 0 Å². The van der Waals surface area contributed by atoms with Crippen LogP contribution in [0.25, 0.3) is 0 Å². The molecule has 4 heteroatoms. The van der Waals surface area contributed by atoms with Crippen molar-refractivity contribution in [2.45, 2.75) is 0 Å².